The fourth-order valence-electron chi connectivity index (χ4n) is 4.33. The molecule has 1 unspecified atom stereocenters. The van der Waals surface area contributed by atoms with E-state index < -0.39 is 23.2 Å². The Bertz CT molecular complexity index is 1450. The van der Waals surface area contributed by atoms with Gasteiger partial charge in [-0.05, 0) is 29.8 Å². The molecule has 4 N–H and O–H groups in total. The molecule has 35 heavy (non-hydrogen) atoms. The van der Waals surface area contributed by atoms with Gasteiger partial charge in [-0.15, -0.1) is 0 Å². The maximum Gasteiger partial charge on any atom is 0.261 e. The minimum absolute atomic E-state index is 0.0715. The molecule has 176 valence electrons. The zero-order chi connectivity index (χ0) is 24.7. The number of anilines is 3. The van der Waals surface area contributed by atoms with Crippen molar-refractivity contribution in [2.45, 2.75) is 12.1 Å². The predicted octanol–water partition coefficient (Wildman–Crippen LogP) is 3.18. The van der Waals surface area contributed by atoms with Crippen LogP contribution in [0.25, 0.3) is 0 Å². The number of aliphatic hydroxyl groups is 1. The first-order chi connectivity index (χ1) is 16.8. The van der Waals surface area contributed by atoms with Gasteiger partial charge in [-0.3, -0.25) is 14.3 Å². The molecular formula is C26H22FN5O3. The summed E-state index contributed by atoms with van der Waals surface area (Å²) in [6.07, 6.45) is 1.65. The van der Waals surface area contributed by atoms with Gasteiger partial charge >= 0.3 is 0 Å². The Hall–Kier alpha value is -4.50. The van der Waals surface area contributed by atoms with E-state index in [9.17, 15) is 14.7 Å². The molecule has 2 amide bonds. The first-order valence-corrected chi connectivity index (χ1v) is 10.9. The Balaban J connectivity index is 1.56. The molecule has 5 rings (SSSR count). The van der Waals surface area contributed by atoms with Gasteiger partial charge in [-0.1, -0.05) is 48.5 Å². The van der Waals surface area contributed by atoms with Crippen LogP contribution < -0.4 is 16.0 Å². The van der Waals surface area contributed by atoms with Gasteiger partial charge in [0.1, 0.15) is 11.6 Å². The normalized spacial score (nSPS) is 14.2. The number of fused-ring (bicyclic) bond motifs is 2. The van der Waals surface area contributed by atoms with Crippen molar-refractivity contribution in [3.05, 3.63) is 107 Å². The van der Waals surface area contributed by atoms with E-state index in [1.54, 1.807) is 48.3 Å². The molecule has 0 saturated carbocycles. The second-order valence-electron chi connectivity index (χ2n) is 8.31. The predicted molar refractivity (Wildman–Crippen MR) is 128 cm³/mol. The van der Waals surface area contributed by atoms with Crippen molar-refractivity contribution < 1.29 is 19.1 Å². The van der Waals surface area contributed by atoms with Gasteiger partial charge in [-0.25, -0.2) is 4.39 Å². The molecule has 8 nitrogen and oxygen atoms in total. The van der Waals surface area contributed by atoms with Crippen molar-refractivity contribution >= 4 is 29.0 Å². The molecule has 1 aliphatic rings. The lowest BCUT2D eigenvalue weighted by Gasteiger charge is -2.27. The van der Waals surface area contributed by atoms with E-state index in [4.69, 9.17) is 5.73 Å². The fourth-order valence-corrected chi connectivity index (χ4v) is 4.33. The van der Waals surface area contributed by atoms with E-state index in [0.717, 1.165) is 17.4 Å². The Labute approximate surface area is 200 Å². The van der Waals surface area contributed by atoms with Gasteiger partial charge in [0.25, 0.3) is 11.8 Å². The van der Waals surface area contributed by atoms with Gasteiger partial charge in [-0.2, -0.15) is 5.10 Å². The van der Waals surface area contributed by atoms with E-state index in [1.807, 2.05) is 12.1 Å². The SMILES string of the molecule is Cn1ncc2c1Nc1ccccc1N(C(=O)c1ccc(C(O)(C(N)=O)c3ccccc3)cc1F)C2. The van der Waals surface area contributed by atoms with Gasteiger partial charge in [0.05, 0.1) is 29.7 Å². The maximum atomic E-state index is 15.4. The highest BCUT2D eigenvalue weighted by molar-refractivity contribution is 6.08. The minimum Gasteiger partial charge on any atom is -0.372 e. The summed E-state index contributed by atoms with van der Waals surface area (Å²) in [6.45, 7) is 0.169. The van der Waals surface area contributed by atoms with Crippen LogP contribution in [-0.2, 0) is 24.0 Å². The van der Waals surface area contributed by atoms with Crippen molar-refractivity contribution in [1.82, 2.24) is 9.78 Å². The van der Waals surface area contributed by atoms with E-state index in [1.165, 1.54) is 29.2 Å². The molecule has 0 fully saturated rings. The van der Waals surface area contributed by atoms with Gasteiger partial charge in [0.15, 0.2) is 5.60 Å². The van der Waals surface area contributed by atoms with Gasteiger partial charge < -0.3 is 21.1 Å². The number of hydrogen-bond donors (Lipinski definition) is 3. The van der Waals surface area contributed by atoms with Crippen LogP contribution in [0.5, 0.6) is 0 Å². The van der Waals surface area contributed by atoms with Crippen LogP contribution in [0.3, 0.4) is 0 Å². The van der Waals surface area contributed by atoms with Crippen molar-refractivity contribution in [1.29, 1.82) is 0 Å². The van der Waals surface area contributed by atoms with Crippen LogP contribution >= 0.6 is 0 Å². The number of aromatic nitrogens is 2. The number of hydrogen-bond acceptors (Lipinski definition) is 5. The minimum atomic E-state index is -2.26. The summed E-state index contributed by atoms with van der Waals surface area (Å²) in [7, 11) is 1.79. The molecule has 0 bridgehead atoms. The zero-order valence-corrected chi connectivity index (χ0v) is 18.8. The molecule has 4 aromatic rings. The average molecular weight is 471 g/mol. The summed E-state index contributed by atoms with van der Waals surface area (Å²) in [6, 6.07) is 18.8. The van der Waals surface area contributed by atoms with Crippen LogP contribution in [0.15, 0.2) is 79.0 Å². The molecule has 1 atom stereocenters. The van der Waals surface area contributed by atoms with Crippen molar-refractivity contribution in [2.75, 3.05) is 10.2 Å². The standard InChI is InChI=1S/C26H22FN5O3/c1-31-23-16(14-29-31)15-32(22-10-6-5-9-21(22)30-23)24(33)19-12-11-18(13-20(19)27)26(35,25(28)34)17-7-3-2-4-8-17/h2-14,30,35H,15H2,1H3,(H2,28,34). The highest BCUT2D eigenvalue weighted by Crippen LogP contribution is 2.37. The van der Waals surface area contributed by atoms with Gasteiger partial charge in [0.2, 0.25) is 0 Å². The molecular weight excluding hydrogens is 449 g/mol. The highest BCUT2D eigenvalue weighted by Gasteiger charge is 2.39. The number of nitrogens with one attached hydrogen (secondary N) is 1. The number of carbonyl (C=O) groups is 2. The lowest BCUT2D eigenvalue weighted by Crippen LogP contribution is -2.42. The smallest absolute Gasteiger partial charge is 0.261 e. The third kappa shape index (κ3) is 3.62. The number of halogens is 1. The average Bonchev–Trinajstić information content (AvgIpc) is 3.11. The van der Waals surface area contributed by atoms with Crippen molar-refractivity contribution in [3.63, 3.8) is 0 Å². The maximum absolute atomic E-state index is 15.4. The summed E-state index contributed by atoms with van der Waals surface area (Å²) < 4.78 is 17.1. The van der Waals surface area contributed by atoms with Crippen LogP contribution in [0, 0.1) is 5.82 Å². The highest BCUT2D eigenvalue weighted by atomic mass is 19.1. The Morgan fingerprint density at radius 2 is 1.77 bits per heavy atom. The molecule has 2 heterocycles. The Kier molecular flexibility index (Phi) is 5.33. The Morgan fingerprint density at radius 3 is 2.49 bits per heavy atom. The Morgan fingerprint density at radius 1 is 1.06 bits per heavy atom. The fraction of sp³-hybridized carbons (Fsp3) is 0.115. The number of amides is 2. The molecule has 3 aromatic carbocycles. The van der Waals surface area contributed by atoms with Crippen LogP contribution in [-0.4, -0.2) is 26.7 Å². The monoisotopic (exact) mass is 471 g/mol. The van der Waals surface area contributed by atoms with Gasteiger partial charge in [0, 0.05) is 18.2 Å². The van der Waals surface area contributed by atoms with Crippen molar-refractivity contribution in [2.24, 2.45) is 12.8 Å². The van der Waals surface area contributed by atoms with E-state index in [-0.39, 0.29) is 23.2 Å². The molecule has 0 spiro atoms. The number of rotatable bonds is 4. The summed E-state index contributed by atoms with van der Waals surface area (Å²) in [5, 5.41) is 18.7. The first kappa shape index (κ1) is 22.3. The van der Waals surface area contributed by atoms with Crippen LogP contribution in [0.2, 0.25) is 0 Å². The lowest BCUT2D eigenvalue weighted by molar-refractivity contribution is -0.133. The largest absolute Gasteiger partial charge is 0.372 e. The zero-order valence-electron chi connectivity index (χ0n) is 18.8. The lowest BCUT2D eigenvalue weighted by atomic mass is 9.85. The van der Waals surface area contributed by atoms with Crippen LogP contribution in [0.1, 0.15) is 27.0 Å². The third-order valence-corrected chi connectivity index (χ3v) is 6.20. The number of nitrogens with zero attached hydrogens (tertiary/aromatic N) is 3. The topological polar surface area (TPSA) is 113 Å². The number of para-hydroxylation sites is 2. The molecule has 0 radical (unpaired) electrons. The number of carbonyl (C=O) groups excluding carboxylic acids is 2. The van der Waals surface area contributed by atoms with E-state index >= 15 is 4.39 Å². The molecule has 1 aliphatic heterocycles. The van der Waals surface area contributed by atoms with E-state index in [2.05, 4.69) is 10.4 Å². The molecule has 9 heteroatoms. The number of aryl methyl sites for hydroxylation is 1. The number of nitrogens with two attached hydrogens (primary N) is 1. The second-order valence-corrected chi connectivity index (χ2v) is 8.31. The molecule has 0 aliphatic carbocycles. The van der Waals surface area contributed by atoms with Crippen molar-refractivity contribution in [3.8, 4) is 0 Å². The quantitative estimate of drug-likeness (QED) is 0.423. The summed E-state index contributed by atoms with van der Waals surface area (Å²) in [5.74, 6) is -1.79. The number of primary amides is 1. The van der Waals surface area contributed by atoms with E-state index in [0.29, 0.717) is 11.4 Å². The molecule has 1 aromatic heterocycles. The summed E-state index contributed by atoms with van der Waals surface area (Å²) >= 11 is 0. The third-order valence-electron chi connectivity index (χ3n) is 6.20. The number of benzene rings is 3. The first-order valence-electron chi connectivity index (χ1n) is 10.9. The summed E-state index contributed by atoms with van der Waals surface area (Å²) in [4.78, 5) is 27.3. The second kappa shape index (κ2) is 8.37. The van der Waals surface area contributed by atoms with Crippen LogP contribution in [0.4, 0.5) is 21.6 Å². The summed E-state index contributed by atoms with van der Waals surface area (Å²) in [5.41, 5.74) is 5.19. The molecule has 0 saturated heterocycles.